The van der Waals surface area contributed by atoms with Crippen molar-refractivity contribution in [3.8, 4) is 27.9 Å². The van der Waals surface area contributed by atoms with E-state index in [2.05, 4.69) is 114 Å². The minimum Gasteiger partial charge on any atom is -0.455 e. The zero-order chi connectivity index (χ0) is 23.4. The summed E-state index contributed by atoms with van der Waals surface area (Å²) in [4.78, 5) is 0. The van der Waals surface area contributed by atoms with Crippen LogP contribution < -0.4 is 0 Å². The molecule has 9 rings (SSSR count). The van der Waals surface area contributed by atoms with E-state index in [1.54, 1.807) is 0 Å². The van der Waals surface area contributed by atoms with Crippen molar-refractivity contribution in [3.63, 3.8) is 0 Å². The van der Waals surface area contributed by atoms with Crippen molar-refractivity contribution in [2.24, 2.45) is 0 Å². The lowest BCUT2D eigenvalue weighted by Crippen LogP contribution is -1.94. The molecule has 6 aromatic carbocycles. The van der Waals surface area contributed by atoms with Crippen LogP contribution in [0.4, 0.5) is 0 Å². The second-order valence-electron chi connectivity index (χ2n) is 9.73. The number of aromatic nitrogens is 1. The topological polar surface area (TPSA) is 18.1 Å². The van der Waals surface area contributed by atoms with Gasteiger partial charge in [-0.2, -0.15) is 0 Å². The molecule has 0 spiro atoms. The number of nitrogens with zero attached hydrogens (tertiary/aromatic N) is 1. The van der Waals surface area contributed by atoms with Gasteiger partial charge < -0.3 is 8.98 Å². The first-order valence-electron chi connectivity index (χ1n) is 12.4. The highest BCUT2D eigenvalue weighted by Crippen LogP contribution is 2.48. The molecule has 1 aliphatic carbocycles. The summed E-state index contributed by atoms with van der Waals surface area (Å²) in [5.41, 5.74) is 10.7. The monoisotopic (exact) mass is 457 g/mol. The fourth-order valence-corrected chi connectivity index (χ4v) is 6.43. The van der Waals surface area contributed by atoms with Gasteiger partial charge in [0.05, 0.1) is 16.4 Å². The standard InChI is InChI=1S/C34H19NO/c1-3-13-29-27(10-1)33-30(18-17-26-23-9-2-4-14-31(23)36-34(26)33)35(29)21-15-16-22-24-11-5-7-20-8-6-12-25(32(20)24)28(22)19-21/h1-19H. The number of hydrogen-bond acceptors (Lipinski definition) is 1. The molecule has 0 N–H and O–H groups in total. The van der Waals surface area contributed by atoms with Gasteiger partial charge in [0.25, 0.3) is 0 Å². The van der Waals surface area contributed by atoms with Gasteiger partial charge in [0, 0.05) is 21.8 Å². The molecule has 2 heteroatoms. The summed E-state index contributed by atoms with van der Waals surface area (Å²) in [6.45, 7) is 0. The van der Waals surface area contributed by atoms with Crippen molar-refractivity contribution >= 4 is 54.5 Å². The van der Waals surface area contributed by atoms with E-state index in [0.29, 0.717) is 0 Å². The molecule has 2 aromatic heterocycles. The summed E-state index contributed by atoms with van der Waals surface area (Å²) >= 11 is 0. The van der Waals surface area contributed by atoms with E-state index in [9.17, 15) is 0 Å². The lowest BCUT2D eigenvalue weighted by atomic mass is 10.0. The highest BCUT2D eigenvalue weighted by Gasteiger charge is 2.23. The second kappa shape index (κ2) is 6.44. The fourth-order valence-electron chi connectivity index (χ4n) is 6.43. The molecule has 8 aromatic rings. The molecular weight excluding hydrogens is 438 g/mol. The minimum atomic E-state index is 0.931. The molecule has 2 heterocycles. The Balaban J connectivity index is 1.39. The van der Waals surface area contributed by atoms with Crippen LogP contribution in [0.3, 0.4) is 0 Å². The molecule has 36 heavy (non-hydrogen) atoms. The van der Waals surface area contributed by atoms with Crippen molar-refractivity contribution in [2.75, 3.05) is 0 Å². The SMILES string of the molecule is c1cc2c3c(cccc3c1)-c1cc(-n3c4ccccc4c4c5oc6ccccc6c5ccc43)ccc1-2. The highest BCUT2D eigenvalue weighted by molar-refractivity contribution is 6.24. The third-order valence-corrected chi connectivity index (χ3v) is 7.93. The maximum Gasteiger partial charge on any atom is 0.145 e. The van der Waals surface area contributed by atoms with Crippen LogP contribution in [0.5, 0.6) is 0 Å². The largest absolute Gasteiger partial charge is 0.455 e. The minimum absolute atomic E-state index is 0.931. The molecule has 0 unspecified atom stereocenters. The van der Waals surface area contributed by atoms with Crippen LogP contribution in [0.1, 0.15) is 0 Å². The average molecular weight is 458 g/mol. The molecule has 0 bridgehead atoms. The van der Waals surface area contributed by atoms with Crippen molar-refractivity contribution in [3.05, 3.63) is 115 Å². The lowest BCUT2D eigenvalue weighted by molar-refractivity contribution is 0.673. The molecule has 166 valence electrons. The molecule has 0 aliphatic heterocycles. The quantitative estimate of drug-likeness (QED) is 0.240. The van der Waals surface area contributed by atoms with Crippen molar-refractivity contribution < 1.29 is 4.42 Å². The van der Waals surface area contributed by atoms with Gasteiger partial charge in [-0.15, -0.1) is 0 Å². The number of hydrogen-bond donors (Lipinski definition) is 0. The molecule has 1 aliphatic rings. The first kappa shape index (κ1) is 18.5. The molecule has 0 saturated heterocycles. The summed E-state index contributed by atoms with van der Waals surface area (Å²) < 4.78 is 8.85. The Labute approximate surface area is 206 Å². The summed E-state index contributed by atoms with van der Waals surface area (Å²) in [5, 5.41) is 7.37. The van der Waals surface area contributed by atoms with E-state index in [1.807, 2.05) is 6.07 Å². The highest BCUT2D eigenvalue weighted by atomic mass is 16.3. The van der Waals surface area contributed by atoms with Crippen LogP contribution in [-0.4, -0.2) is 4.57 Å². The smallest absolute Gasteiger partial charge is 0.145 e. The first-order valence-corrected chi connectivity index (χ1v) is 12.4. The predicted molar refractivity (Wildman–Crippen MR) is 150 cm³/mol. The molecule has 2 nitrogen and oxygen atoms in total. The maximum absolute atomic E-state index is 6.46. The van der Waals surface area contributed by atoms with Crippen LogP contribution in [0.15, 0.2) is 120 Å². The molecule has 0 radical (unpaired) electrons. The van der Waals surface area contributed by atoms with Gasteiger partial charge in [-0.05, 0) is 69.4 Å². The summed E-state index contributed by atoms with van der Waals surface area (Å²) in [6, 6.07) is 41.6. The van der Waals surface area contributed by atoms with Crippen molar-refractivity contribution in [2.45, 2.75) is 0 Å². The fraction of sp³-hybridized carbons (Fsp3) is 0. The lowest BCUT2D eigenvalue weighted by Gasteiger charge is -2.11. The van der Waals surface area contributed by atoms with Crippen LogP contribution in [-0.2, 0) is 0 Å². The van der Waals surface area contributed by atoms with Gasteiger partial charge in [-0.1, -0.05) is 78.9 Å². The normalized spacial score (nSPS) is 12.4. The zero-order valence-corrected chi connectivity index (χ0v) is 19.3. The second-order valence-corrected chi connectivity index (χ2v) is 9.73. The van der Waals surface area contributed by atoms with Crippen LogP contribution in [0.2, 0.25) is 0 Å². The van der Waals surface area contributed by atoms with Crippen LogP contribution in [0.25, 0.3) is 82.5 Å². The van der Waals surface area contributed by atoms with Crippen molar-refractivity contribution in [1.82, 2.24) is 4.57 Å². The Bertz CT molecular complexity index is 2200. The van der Waals surface area contributed by atoms with E-state index in [4.69, 9.17) is 4.42 Å². The number of rotatable bonds is 1. The number of furan rings is 1. The Morgan fingerprint density at radius 1 is 0.472 bits per heavy atom. The predicted octanol–water partition coefficient (Wildman–Crippen LogP) is 9.48. The Kier molecular flexibility index (Phi) is 3.31. The van der Waals surface area contributed by atoms with E-state index >= 15 is 0 Å². The number of fused-ring (bicyclic) bond motifs is 10. The molecular formula is C34H19NO. The number of benzene rings is 6. The zero-order valence-electron chi connectivity index (χ0n) is 19.3. The summed E-state index contributed by atoms with van der Waals surface area (Å²) in [6.07, 6.45) is 0. The van der Waals surface area contributed by atoms with Gasteiger partial charge >= 0.3 is 0 Å². The maximum atomic E-state index is 6.46. The van der Waals surface area contributed by atoms with E-state index in [1.165, 1.54) is 55.0 Å². The number of para-hydroxylation sites is 2. The van der Waals surface area contributed by atoms with Crippen LogP contribution in [0, 0.1) is 0 Å². The molecule has 0 saturated carbocycles. The summed E-state index contributed by atoms with van der Waals surface area (Å²) in [5.74, 6) is 0. The van der Waals surface area contributed by atoms with E-state index in [-0.39, 0.29) is 0 Å². The Hall–Kier alpha value is -4.82. The average Bonchev–Trinajstić information content (AvgIpc) is 3.58. The van der Waals surface area contributed by atoms with Gasteiger partial charge in [-0.25, -0.2) is 0 Å². The van der Waals surface area contributed by atoms with Crippen molar-refractivity contribution in [1.29, 1.82) is 0 Å². The Morgan fingerprint density at radius 2 is 1.25 bits per heavy atom. The van der Waals surface area contributed by atoms with Gasteiger partial charge in [0.15, 0.2) is 0 Å². The molecule has 0 amide bonds. The van der Waals surface area contributed by atoms with Gasteiger partial charge in [0.2, 0.25) is 0 Å². The molecule has 0 atom stereocenters. The van der Waals surface area contributed by atoms with Gasteiger partial charge in [-0.3, -0.25) is 0 Å². The first-order chi connectivity index (χ1) is 17.9. The van der Waals surface area contributed by atoms with Crippen LogP contribution >= 0.6 is 0 Å². The molecule has 0 fully saturated rings. The summed E-state index contributed by atoms with van der Waals surface area (Å²) in [7, 11) is 0. The Morgan fingerprint density at radius 3 is 2.14 bits per heavy atom. The third-order valence-electron chi connectivity index (χ3n) is 7.93. The van der Waals surface area contributed by atoms with Gasteiger partial charge in [0.1, 0.15) is 11.2 Å². The third kappa shape index (κ3) is 2.18. The van der Waals surface area contributed by atoms with E-state index in [0.717, 1.165) is 27.5 Å². The van der Waals surface area contributed by atoms with E-state index < -0.39 is 0 Å².